The smallest absolute Gasteiger partial charge is 0.319 e. The fourth-order valence-electron chi connectivity index (χ4n) is 5.30. The standard InChI is InChI=1S/C25H25N3O4/c1-32-19-11-9-18(10-12-19)27-25(31)26-14-20(15-5-3-2-4-6-15)28-23(29)21-16-7-8-17(13-16)22(21)24(28)30/h2-12,16-17,20-22H,13-14H2,1H3,(H2,26,27,31). The average Bonchev–Trinajstić information content (AvgIpc) is 3.50. The molecule has 2 aliphatic carbocycles. The molecule has 2 N–H and O–H groups in total. The molecule has 2 fully saturated rings. The highest BCUT2D eigenvalue weighted by molar-refractivity contribution is 6.07. The number of methoxy groups -OCH3 is 1. The van der Waals surface area contributed by atoms with Crippen LogP contribution in [0.2, 0.25) is 0 Å². The van der Waals surface area contributed by atoms with E-state index in [0.717, 1.165) is 12.0 Å². The molecule has 0 aromatic heterocycles. The highest BCUT2D eigenvalue weighted by atomic mass is 16.5. The number of amides is 4. The molecule has 5 rings (SSSR count). The third kappa shape index (κ3) is 3.43. The van der Waals surface area contributed by atoms with Gasteiger partial charge in [0, 0.05) is 12.2 Å². The molecule has 7 nitrogen and oxygen atoms in total. The number of allylic oxidation sites excluding steroid dienone is 2. The maximum Gasteiger partial charge on any atom is 0.319 e. The number of hydrogen-bond acceptors (Lipinski definition) is 4. The Bertz CT molecular complexity index is 1040. The van der Waals surface area contributed by atoms with Crippen LogP contribution in [0.4, 0.5) is 10.5 Å². The molecule has 3 aliphatic rings. The van der Waals surface area contributed by atoms with Gasteiger partial charge in [-0.05, 0) is 48.1 Å². The number of ether oxygens (including phenoxy) is 1. The monoisotopic (exact) mass is 431 g/mol. The molecular weight excluding hydrogens is 406 g/mol. The summed E-state index contributed by atoms with van der Waals surface area (Å²) in [6, 6.07) is 15.4. The number of carbonyl (C=O) groups excluding carboxylic acids is 3. The summed E-state index contributed by atoms with van der Waals surface area (Å²) in [6.45, 7) is 0.131. The molecule has 32 heavy (non-hydrogen) atoms. The first-order valence-corrected chi connectivity index (χ1v) is 10.9. The summed E-state index contributed by atoms with van der Waals surface area (Å²) in [5.74, 6) is 0.211. The van der Waals surface area contributed by atoms with Crippen molar-refractivity contribution in [1.29, 1.82) is 0 Å². The van der Waals surface area contributed by atoms with Crippen molar-refractivity contribution in [3.63, 3.8) is 0 Å². The maximum atomic E-state index is 13.3. The van der Waals surface area contributed by atoms with Crippen LogP contribution >= 0.6 is 0 Å². The Morgan fingerprint density at radius 2 is 1.62 bits per heavy atom. The van der Waals surface area contributed by atoms with Crippen LogP contribution in [0.5, 0.6) is 5.75 Å². The van der Waals surface area contributed by atoms with Gasteiger partial charge in [-0.3, -0.25) is 14.5 Å². The zero-order valence-corrected chi connectivity index (χ0v) is 17.7. The number of carbonyl (C=O) groups is 3. The van der Waals surface area contributed by atoms with Crippen LogP contribution in [0, 0.1) is 23.7 Å². The molecule has 1 heterocycles. The van der Waals surface area contributed by atoms with Crippen molar-refractivity contribution in [3.8, 4) is 5.75 Å². The second kappa shape index (κ2) is 8.15. The van der Waals surface area contributed by atoms with E-state index in [1.165, 1.54) is 4.90 Å². The molecule has 7 heteroatoms. The molecule has 1 aliphatic heterocycles. The van der Waals surface area contributed by atoms with Crippen molar-refractivity contribution >= 4 is 23.5 Å². The van der Waals surface area contributed by atoms with Crippen LogP contribution in [-0.2, 0) is 9.59 Å². The minimum atomic E-state index is -0.553. The largest absolute Gasteiger partial charge is 0.497 e. The summed E-state index contributed by atoms with van der Waals surface area (Å²) < 4.78 is 5.13. The summed E-state index contributed by atoms with van der Waals surface area (Å²) in [6.07, 6.45) is 5.05. The summed E-state index contributed by atoms with van der Waals surface area (Å²) in [7, 11) is 1.58. The van der Waals surface area contributed by atoms with E-state index in [2.05, 4.69) is 22.8 Å². The summed E-state index contributed by atoms with van der Waals surface area (Å²) >= 11 is 0. The quantitative estimate of drug-likeness (QED) is 0.542. The van der Waals surface area contributed by atoms with Crippen LogP contribution < -0.4 is 15.4 Å². The van der Waals surface area contributed by atoms with Crippen LogP contribution in [0.25, 0.3) is 0 Å². The maximum absolute atomic E-state index is 13.3. The first-order valence-electron chi connectivity index (χ1n) is 10.9. The molecule has 2 aromatic carbocycles. The predicted molar refractivity (Wildman–Crippen MR) is 119 cm³/mol. The number of nitrogens with one attached hydrogen (secondary N) is 2. The van der Waals surface area contributed by atoms with Gasteiger partial charge in [0.2, 0.25) is 11.8 Å². The van der Waals surface area contributed by atoms with Crippen LogP contribution in [0.1, 0.15) is 18.0 Å². The molecule has 0 spiro atoms. The van der Waals surface area contributed by atoms with Gasteiger partial charge in [-0.15, -0.1) is 0 Å². The van der Waals surface area contributed by atoms with E-state index in [1.54, 1.807) is 31.4 Å². The lowest BCUT2D eigenvalue weighted by atomic mass is 9.85. The Kier molecular flexibility index (Phi) is 5.17. The van der Waals surface area contributed by atoms with Gasteiger partial charge in [-0.2, -0.15) is 0 Å². The Morgan fingerprint density at radius 1 is 1.00 bits per heavy atom. The predicted octanol–water partition coefficient (Wildman–Crippen LogP) is 3.37. The second-order valence-corrected chi connectivity index (χ2v) is 8.54. The summed E-state index contributed by atoms with van der Waals surface area (Å²) in [4.78, 5) is 40.6. The van der Waals surface area contributed by atoms with E-state index < -0.39 is 12.1 Å². The molecule has 1 saturated carbocycles. The topological polar surface area (TPSA) is 87.7 Å². The molecule has 2 bridgehead atoms. The normalized spacial score (nSPS) is 26.2. The molecule has 5 unspecified atom stereocenters. The molecule has 5 atom stereocenters. The van der Waals surface area contributed by atoms with E-state index in [1.807, 2.05) is 30.3 Å². The Hall–Kier alpha value is -3.61. The lowest BCUT2D eigenvalue weighted by Crippen LogP contribution is -2.43. The van der Waals surface area contributed by atoms with Crippen LogP contribution in [-0.4, -0.2) is 36.4 Å². The number of likely N-dealkylation sites (tertiary alicyclic amines) is 1. The minimum Gasteiger partial charge on any atom is -0.497 e. The van der Waals surface area contributed by atoms with Gasteiger partial charge in [0.15, 0.2) is 0 Å². The Labute approximate surface area is 186 Å². The molecule has 4 amide bonds. The van der Waals surface area contributed by atoms with Crippen molar-refractivity contribution in [2.75, 3.05) is 19.0 Å². The average molecular weight is 431 g/mol. The van der Waals surface area contributed by atoms with Crippen LogP contribution in [0.3, 0.4) is 0 Å². The summed E-state index contributed by atoms with van der Waals surface area (Å²) in [5.41, 5.74) is 1.43. The SMILES string of the molecule is COc1ccc(NC(=O)NCC(c2ccccc2)N2C(=O)C3C4C=CC(C4)C3C2=O)cc1. The number of hydrogen-bond donors (Lipinski definition) is 2. The fraction of sp³-hybridized carbons (Fsp3) is 0.320. The highest BCUT2D eigenvalue weighted by Crippen LogP contribution is 2.53. The molecule has 164 valence electrons. The Morgan fingerprint density at radius 3 is 2.22 bits per heavy atom. The molecule has 2 aromatic rings. The first kappa shape index (κ1) is 20.3. The van der Waals surface area contributed by atoms with Gasteiger partial charge in [0.05, 0.1) is 25.0 Å². The lowest BCUT2D eigenvalue weighted by molar-refractivity contribution is -0.143. The van der Waals surface area contributed by atoms with Gasteiger partial charge < -0.3 is 15.4 Å². The van der Waals surface area contributed by atoms with E-state index in [4.69, 9.17) is 4.74 Å². The van der Waals surface area contributed by atoms with Crippen molar-refractivity contribution in [2.45, 2.75) is 12.5 Å². The number of nitrogens with zero attached hydrogens (tertiary/aromatic N) is 1. The number of fused-ring (bicyclic) bond motifs is 5. The zero-order valence-electron chi connectivity index (χ0n) is 17.7. The fourth-order valence-corrected chi connectivity index (χ4v) is 5.30. The molecular formula is C25H25N3O4. The van der Waals surface area contributed by atoms with Crippen molar-refractivity contribution < 1.29 is 19.1 Å². The van der Waals surface area contributed by atoms with Gasteiger partial charge >= 0.3 is 6.03 Å². The van der Waals surface area contributed by atoms with Crippen molar-refractivity contribution in [3.05, 3.63) is 72.3 Å². The molecule has 0 radical (unpaired) electrons. The second-order valence-electron chi connectivity index (χ2n) is 8.54. The highest BCUT2D eigenvalue weighted by Gasteiger charge is 2.60. The number of benzene rings is 2. The number of imide groups is 1. The molecule has 1 saturated heterocycles. The number of rotatable bonds is 6. The lowest BCUT2D eigenvalue weighted by Gasteiger charge is -2.28. The zero-order chi connectivity index (χ0) is 22.2. The Balaban J connectivity index is 1.33. The minimum absolute atomic E-state index is 0.122. The van der Waals surface area contributed by atoms with E-state index in [9.17, 15) is 14.4 Å². The number of anilines is 1. The van der Waals surface area contributed by atoms with Crippen LogP contribution in [0.15, 0.2) is 66.7 Å². The van der Waals surface area contributed by atoms with E-state index in [0.29, 0.717) is 11.4 Å². The van der Waals surface area contributed by atoms with Crippen molar-refractivity contribution in [1.82, 2.24) is 10.2 Å². The third-order valence-electron chi connectivity index (χ3n) is 6.80. The van der Waals surface area contributed by atoms with Gasteiger partial charge in [0.1, 0.15) is 5.75 Å². The van der Waals surface area contributed by atoms with E-state index in [-0.39, 0.29) is 42.0 Å². The third-order valence-corrected chi connectivity index (χ3v) is 6.80. The van der Waals surface area contributed by atoms with Gasteiger partial charge in [-0.25, -0.2) is 4.79 Å². The van der Waals surface area contributed by atoms with Gasteiger partial charge in [0.25, 0.3) is 0 Å². The van der Waals surface area contributed by atoms with Crippen molar-refractivity contribution in [2.24, 2.45) is 23.7 Å². The summed E-state index contributed by atoms with van der Waals surface area (Å²) in [5, 5.41) is 5.61. The number of urea groups is 1. The van der Waals surface area contributed by atoms with E-state index >= 15 is 0 Å². The first-order chi connectivity index (χ1) is 15.6. The van der Waals surface area contributed by atoms with Gasteiger partial charge in [-0.1, -0.05) is 42.5 Å².